The summed E-state index contributed by atoms with van der Waals surface area (Å²) in [5.74, 6) is 0.737. The van der Waals surface area contributed by atoms with Gasteiger partial charge in [0, 0.05) is 0 Å². The molecule has 0 nitrogen and oxygen atoms in total. The van der Waals surface area contributed by atoms with Crippen LogP contribution in [0.15, 0.2) is 72.9 Å². The highest BCUT2D eigenvalue weighted by molar-refractivity contribution is 5.82. The molecule has 0 aromatic heterocycles. The topological polar surface area (TPSA) is 0 Å². The van der Waals surface area contributed by atoms with Crippen molar-refractivity contribution in [1.82, 2.24) is 0 Å². The summed E-state index contributed by atoms with van der Waals surface area (Å²) in [4.78, 5) is 0. The van der Waals surface area contributed by atoms with Gasteiger partial charge in [0.15, 0.2) is 0 Å². The Kier molecular flexibility index (Phi) is 22.9. The second kappa shape index (κ2) is 23.1. The van der Waals surface area contributed by atoms with Gasteiger partial charge in [0.05, 0.1) is 0 Å². The minimum Gasteiger partial charge on any atom is -0.0955 e. The van der Waals surface area contributed by atoms with Gasteiger partial charge in [-0.05, 0) is 99.3 Å². The van der Waals surface area contributed by atoms with Gasteiger partial charge in [-0.15, -0.1) is 0 Å². The van der Waals surface area contributed by atoms with Gasteiger partial charge in [-0.3, -0.25) is 0 Å². The van der Waals surface area contributed by atoms with E-state index < -0.39 is 0 Å². The van der Waals surface area contributed by atoms with Crippen LogP contribution in [0.3, 0.4) is 0 Å². The second-order valence-corrected chi connectivity index (χ2v) is 10.8. The number of aryl methyl sites for hydroxylation is 2. The predicted molar refractivity (Wildman–Crippen MR) is 189 cm³/mol. The molecule has 0 aliphatic carbocycles. The average molecular weight is 545 g/mol. The average Bonchev–Trinajstić information content (AvgIpc) is 2.95. The molecule has 0 N–H and O–H groups in total. The largest absolute Gasteiger partial charge is 0.0955 e. The highest BCUT2D eigenvalue weighted by atomic mass is 14.2. The van der Waals surface area contributed by atoms with Crippen molar-refractivity contribution < 1.29 is 0 Å². The molecule has 0 aliphatic rings. The normalized spacial score (nSPS) is 11.4. The first-order valence-corrected chi connectivity index (χ1v) is 15.8. The van der Waals surface area contributed by atoms with E-state index in [0.717, 1.165) is 23.5 Å². The molecule has 0 saturated carbocycles. The maximum absolute atomic E-state index is 4.17. The van der Waals surface area contributed by atoms with Crippen molar-refractivity contribution in [2.45, 2.75) is 129 Å². The Morgan fingerprint density at radius 2 is 1.43 bits per heavy atom. The lowest BCUT2D eigenvalue weighted by molar-refractivity contribution is 0.576. The third-order valence-corrected chi connectivity index (χ3v) is 6.97. The molecule has 2 rings (SSSR count). The number of unbranched alkanes of at least 4 members (excludes halogenated alkanes) is 2. The monoisotopic (exact) mass is 545 g/mol. The van der Waals surface area contributed by atoms with Gasteiger partial charge in [0.2, 0.25) is 0 Å². The maximum atomic E-state index is 4.17. The zero-order valence-electron chi connectivity index (χ0n) is 28.9. The third kappa shape index (κ3) is 14.7. The van der Waals surface area contributed by atoms with E-state index in [9.17, 15) is 0 Å². The number of rotatable bonds is 10. The van der Waals surface area contributed by atoms with Crippen LogP contribution >= 0.6 is 0 Å². The van der Waals surface area contributed by atoms with Crippen LogP contribution in [0.2, 0.25) is 0 Å². The Bertz CT molecular complexity index is 1060. The van der Waals surface area contributed by atoms with Gasteiger partial charge in [0.1, 0.15) is 0 Å². The first kappa shape index (κ1) is 39.5. The first-order chi connectivity index (χ1) is 19.0. The molecule has 0 spiro atoms. The number of hydrogen-bond donors (Lipinski definition) is 0. The van der Waals surface area contributed by atoms with Crippen LogP contribution < -0.4 is 0 Å². The van der Waals surface area contributed by atoms with Crippen LogP contribution in [0.25, 0.3) is 16.7 Å². The van der Waals surface area contributed by atoms with Crippen molar-refractivity contribution in [2.24, 2.45) is 5.92 Å². The molecular weight excluding hydrogens is 480 g/mol. The van der Waals surface area contributed by atoms with E-state index >= 15 is 0 Å². The van der Waals surface area contributed by atoms with Crippen LogP contribution in [-0.2, 0) is 6.42 Å². The molecule has 2 aromatic carbocycles. The minimum atomic E-state index is 0.737. The maximum Gasteiger partial charge on any atom is -0.0149 e. The Balaban J connectivity index is 0. The Hall–Kier alpha value is -2.60. The van der Waals surface area contributed by atoms with Crippen LogP contribution in [-0.4, -0.2) is 0 Å². The molecule has 0 fully saturated rings. The van der Waals surface area contributed by atoms with E-state index in [0.29, 0.717) is 0 Å². The lowest BCUT2D eigenvalue weighted by Crippen LogP contribution is -1.97. The zero-order valence-corrected chi connectivity index (χ0v) is 28.9. The standard InChI is InChI=1S/C22H26.C13H24.C3H8.C2H6/c1-8-19-13-15(4)9-10-22(19)21-12-11-20(16(5)14(2)3)17(6)18(21)7;1-5-7-8-9-13(4)11-10-12(3)6-2;1-3-2;1-2/h9-13H,2,5,8H2,1,3-4,6-7H3;6,10-11,13H,5,7-9H2,1-4H3;3H2,1-2H3;1-2H3/b;11-10+,12-6+;;. The van der Waals surface area contributed by atoms with Crippen LogP contribution in [0.1, 0.15) is 129 Å². The van der Waals surface area contributed by atoms with Crippen molar-refractivity contribution in [1.29, 1.82) is 0 Å². The van der Waals surface area contributed by atoms with Gasteiger partial charge in [0.25, 0.3) is 0 Å². The first-order valence-electron chi connectivity index (χ1n) is 15.8. The second-order valence-electron chi connectivity index (χ2n) is 10.8. The summed E-state index contributed by atoms with van der Waals surface area (Å²) in [6.45, 7) is 36.0. The van der Waals surface area contributed by atoms with Gasteiger partial charge < -0.3 is 0 Å². The fourth-order valence-electron chi connectivity index (χ4n) is 4.17. The molecule has 0 radical (unpaired) electrons. The molecule has 0 bridgehead atoms. The van der Waals surface area contributed by atoms with Crippen molar-refractivity contribution >= 4 is 5.57 Å². The molecule has 2 aromatic rings. The Morgan fingerprint density at radius 1 is 0.850 bits per heavy atom. The molecule has 40 heavy (non-hydrogen) atoms. The van der Waals surface area contributed by atoms with Crippen LogP contribution in [0, 0.1) is 26.7 Å². The molecular formula is C40H64. The van der Waals surface area contributed by atoms with Crippen molar-refractivity contribution in [3.8, 4) is 11.1 Å². The number of hydrogen-bond acceptors (Lipinski definition) is 0. The smallest absolute Gasteiger partial charge is 0.0149 e. The van der Waals surface area contributed by atoms with E-state index in [1.54, 1.807) is 0 Å². The Morgan fingerprint density at radius 3 is 1.93 bits per heavy atom. The van der Waals surface area contributed by atoms with Crippen LogP contribution in [0.4, 0.5) is 0 Å². The molecule has 1 unspecified atom stereocenters. The van der Waals surface area contributed by atoms with Gasteiger partial charge in [-0.2, -0.15) is 0 Å². The summed E-state index contributed by atoms with van der Waals surface area (Å²) >= 11 is 0. The molecule has 224 valence electrons. The lowest BCUT2D eigenvalue weighted by Gasteiger charge is -2.17. The van der Waals surface area contributed by atoms with E-state index in [-0.39, 0.29) is 0 Å². The Labute approximate surface area is 251 Å². The van der Waals surface area contributed by atoms with E-state index in [1.165, 1.54) is 76.6 Å². The fourth-order valence-corrected chi connectivity index (χ4v) is 4.17. The quantitative estimate of drug-likeness (QED) is 0.206. The van der Waals surface area contributed by atoms with Crippen molar-refractivity contribution in [3.05, 3.63) is 101 Å². The summed E-state index contributed by atoms with van der Waals surface area (Å²) in [5.41, 5.74) is 12.7. The summed E-state index contributed by atoms with van der Waals surface area (Å²) in [6, 6.07) is 11.2. The third-order valence-electron chi connectivity index (χ3n) is 6.97. The number of allylic oxidation sites excluding steroid dienone is 6. The predicted octanol–water partition coefficient (Wildman–Crippen LogP) is 13.6. The number of benzene rings is 2. The SMILES string of the molecule is C/C=C(C)/C=C/C(C)CCCCC.C=C(C)C(=C)c1ccc(-c2ccc(C)cc2CC)c(C)c1C.CC.CCC. The summed E-state index contributed by atoms with van der Waals surface area (Å²) < 4.78 is 0. The van der Waals surface area contributed by atoms with E-state index in [1.807, 2.05) is 20.8 Å². The van der Waals surface area contributed by atoms with Crippen molar-refractivity contribution in [3.63, 3.8) is 0 Å². The van der Waals surface area contributed by atoms with Crippen LogP contribution in [0.5, 0.6) is 0 Å². The van der Waals surface area contributed by atoms with Gasteiger partial charge in [-0.1, -0.05) is 153 Å². The summed E-state index contributed by atoms with van der Waals surface area (Å²) in [7, 11) is 0. The zero-order chi connectivity index (χ0) is 31.3. The highest BCUT2D eigenvalue weighted by Gasteiger charge is 2.12. The molecule has 0 heterocycles. The summed E-state index contributed by atoms with van der Waals surface area (Å²) in [5, 5.41) is 0. The lowest BCUT2D eigenvalue weighted by atomic mass is 9.87. The highest BCUT2D eigenvalue weighted by Crippen LogP contribution is 2.34. The molecule has 0 saturated heterocycles. The molecule has 0 aliphatic heterocycles. The van der Waals surface area contributed by atoms with Gasteiger partial charge in [-0.25, -0.2) is 0 Å². The summed E-state index contributed by atoms with van der Waals surface area (Å²) in [6.07, 6.45) is 14.4. The minimum absolute atomic E-state index is 0.737. The van der Waals surface area contributed by atoms with Crippen molar-refractivity contribution in [2.75, 3.05) is 0 Å². The van der Waals surface area contributed by atoms with Gasteiger partial charge >= 0.3 is 0 Å². The van der Waals surface area contributed by atoms with E-state index in [4.69, 9.17) is 0 Å². The fraction of sp³-hybridized carbons (Fsp3) is 0.500. The van der Waals surface area contributed by atoms with E-state index in [2.05, 4.69) is 131 Å². The molecule has 0 amide bonds. The molecule has 1 atom stereocenters. The molecule has 0 heteroatoms.